The maximum Gasteiger partial charge on any atom is 0.124 e. The lowest BCUT2D eigenvalue weighted by atomic mass is 10.1. The van der Waals surface area contributed by atoms with Crippen LogP contribution in [0, 0.1) is 6.92 Å². The summed E-state index contributed by atoms with van der Waals surface area (Å²) in [6.45, 7) is 7.22. The van der Waals surface area contributed by atoms with Gasteiger partial charge < -0.3 is 10.1 Å². The van der Waals surface area contributed by atoms with Gasteiger partial charge >= 0.3 is 0 Å². The fourth-order valence-corrected chi connectivity index (χ4v) is 3.58. The molecule has 5 heteroatoms. The average molecular weight is 305 g/mol. The first-order valence-corrected chi connectivity index (χ1v) is 7.97. The Kier molecular flexibility index (Phi) is 5.31. The van der Waals surface area contributed by atoms with E-state index in [4.69, 9.17) is 4.74 Å². The fourth-order valence-electron chi connectivity index (χ4n) is 2.42. The minimum absolute atomic E-state index is 0.239. The second-order valence-corrected chi connectivity index (χ2v) is 6.06. The summed E-state index contributed by atoms with van der Waals surface area (Å²) in [6.07, 6.45) is 0. The van der Waals surface area contributed by atoms with Gasteiger partial charge in [0.25, 0.3) is 0 Å². The molecule has 1 atom stereocenters. The van der Waals surface area contributed by atoms with Gasteiger partial charge in [0.05, 0.1) is 17.8 Å². The smallest absolute Gasteiger partial charge is 0.124 e. The lowest BCUT2D eigenvalue weighted by Gasteiger charge is -2.20. The van der Waals surface area contributed by atoms with Crippen LogP contribution in [-0.4, -0.2) is 23.4 Å². The van der Waals surface area contributed by atoms with Gasteiger partial charge in [0.15, 0.2) is 0 Å². The normalized spacial score (nSPS) is 12.4. The third kappa shape index (κ3) is 3.60. The Morgan fingerprint density at radius 3 is 2.76 bits per heavy atom. The molecule has 0 fully saturated rings. The van der Waals surface area contributed by atoms with Gasteiger partial charge in [-0.1, -0.05) is 24.8 Å². The van der Waals surface area contributed by atoms with E-state index in [9.17, 15) is 0 Å². The van der Waals surface area contributed by atoms with Crippen LogP contribution in [-0.2, 0) is 7.05 Å². The standard InChI is InChI=1S/C16H23N3OS/c1-6-17-12(3)16-13(20-5)8-7-9-14(16)21-15-10-11(2)18-19(15)4/h7-10,12,17H,6H2,1-5H3. The third-order valence-electron chi connectivity index (χ3n) is 3.36. The highest BCUT2D eigenvalue weighted by Crippen LogP contribution is 2.38. The number of nitrogens with one attached hydrogen (secondary N) is 1. The second-order valence-electron chi connectivity index (χ2n) is 5.00. The van der Waals surface area contributed by atoms with Gasteiger partial charge in [-0.05, 0) is 38.6 Å². The molecular weight excluding hydrogens is 282 g/mol. The van der Waals surface area contributed by atoms with E-state index in [0.29, 0.717) is 0 Å². The maximum absolute atomic E-state index is 5.55. The minimum atomic E-state index is 0.239. The van der Waals surface area contributed by atoms with Crippen molar-refractivity contribution in [1.29, 1.82) is 0 Å². The number of methoxy groups -OCH3 is 1. The Hall–Kier alpha value is -1.46. The summed E-state index contributed by atoms with van der Waals surface area (Å²) in [6, 6.07) is 8.53. The van der Waals surface area contributed by atoms with Crippen LogP contribution in [0.5, 0.6) is 5.75 Å². The molecule has 114 valence electrons. The van der Waals surface area contributed by atoms with Gasteiger partial charge in [0.1, 0.15) is 5.75 Å². The summed E-state index contributed by atoms with van der Waals surface area (Å²) in [5.41, 5.74) is 2.23. The Morgan fingerprint density at radius 2 is 2.19 bits per heavy atom. The number of hydrogen-bond acceptors (Lipinski definition) is 4. The van der Waals surface area contributed by atoms with Crippen LogP contribution in [0.2, 0.25) is 0 Å². The minimum Gasteiger partial charge on any atom is -0.496 e. The molecule has 1 aromatic heterocycles. The molecule has 2 rings (SSSR count). The molecule has 1 N–H and O–H groups in total. The summed E-state index contributed by atoms with van der Waals surface area (Å²) >= 11 is 1.73. The molecule has 1 heterocycles. The molecule has 2 aromatic rings. The zero-order chi connectivity index (χ0) is 15.4. The molecule has 0 radical (unpaired) electrons. The zero-order valence-electron chi connectivity index (χ0n) is 13.3. The molecule has 0 saturated heterocycles. The SMILES string of the molecule is CCNC(C)c1c(OC)cccc1Sc1cc(C)nn1C. The molecule has 4 nitrogen and oxygen atoms in total. The van der Waals surface area contributed by atoms with Gasteiger partial charge in [-0.3, -0.25) is 4.68 Å². The van der Waals surface area contributed by atoms with E-state index in [1.807, 2.05) is 30.8 Å². The molecule has 1 aromatic carbocycles. The molecule has 0 aliphatic carbocycles. The first kappa shape index (κ1) is 15.9. The van der Waals surface area contributed by atoms with E-state index in [1.165, 1.54) is 10.5 Å². The number of hydrogen-bond donors (Lipinski definition) is 1. The molecule has 0 amide bonds. The number of ether oxygens (including phenoxy) is 1. The lowest BCUT2D eigenvalue weighted by Crippen LogP contribution is -2.19. The topological polar surface area (TPSA) is 39.1 Å². The van der Waals surface area contributed by atoms with Crippen molar-refractivity contribution in [2.75, 3.05) is 13.7 Å². The summed E-state index contributed by atoms with van der Waals surface area (Å²) in [7, 11) is 3.70. The molecule has 1 unspecified atom stereocenters. The van der Waals surface area contributed by atoms with E-state index in [-0.39, 0.29) is 6.04 Å². The van der Waals surface area contributed by atoms with E-state index in [2.05, 4.69) is 36.4 Å². The van der Waals surface area contributed by atoms with Crippen LogP contribution < -0.4 is 10.1 Å². The number of rotatable bonds is 6. The zero-order valence-corrected chi connectivity index (χ0v) is 14.1. The van der Waals surface area contributed by atoms with Crippen LogP contribution in [0.4, 0.5) is 0 Å². The molecule has 0 aliphatic heterocycles. The van der Waals surface area contributed by atoms with E-state index < -0.39 is 0 Å². The highest BCUT2D eigenvalue weighted by Gasteiger charge is 2.17. The molecule has 21 heavy (non-hydrogen) atoms. The van der Waals surface area contributed by atoms with Crippen LogP contribution in [0.25, 0.3) is 0 Å². The van der Waals surface area contributed by atoms with Crippen molar-refractivity contribution in [2.45, 2.75) is 36.7 Å². The van der Waals surface area contributed by atoms with Crippen molar-refractivity contribution in [3.05, 3.63) is 35.5 Å². The number of nitrogens with zero attached hydrogens (tertiary/aromatic N) is 2. The Balaban J connectivity index is 2.40. The highest BCUT2D eigenvalue weighted by molar-refractivity contribution is 7.99. The average Bonchev–Trinajstić information content (AvgIpc) is 2.76. The molecule has 0 aliphatic rings. The monoisotopic (exact) mass is 305 g/mol. The first-order chi connectivity index (χ1) is 10.1. The summed E-state index contributed by atoms with van der Waals surface area (Å²) in [5.74, 6) is 0.923. The van der Waals surface area contributed by atoms with Gasteiger partial charge in [-0.25, -0.2) is 0 Å². The number of aryl methyl sites for hydroxylation is 2. The predicted molar refractivity (Wildman–Crippen MR) is 87.2 cm³/mol. The van der Waals surface area contributed by atoms with Crippen LogP contribution in [0.1, 0.15) is 31.1 Å². The van der Waals surface area contributed by atoms with Crippen LogP contribution in [0.3, 0.4) is 0 Å². The third-order valence-corrected chi connectivity index (χ3v) is 4.53. The van der Waals surface area contributed by atoms with Crippen LogP contribution in [0.15, 0.2) is 34.2 Å². The van der Waals surface area contributed by atoms with Gasteiger partial charge in [-0.15, -0.1) is 0 Å². The highest BCUT2D eigenvalue weighted by atomic mass is 32.2. The van der Waals surface area contributed by atoms with Crippen molar-refractivity contribution in [2.24, 2.45) is 7.05 Å². The molecule has 0 spiro atoms. The van der Waals surface area contributed by atoms with E-state index in [1.54, 1.807) is 18.9 Å². The van der Waals surface area contributed by atoms with Crippen molar-refractivity contribution in [1.82, 2.24) is 15.1 Å². The molecular formula is C16H23N3OS. The van der Waals surface area contributed by atoms with Gasteiger partial charge in [-0.2, -0.15) is 5.10 Å². The van der Waals surface area contributed by atoms with Crippen molar-refractivity contribution in [3.8, 4) is 5.75 Å². The Bertz CT molecular complexity index is 610. The van der Waals surface area contributed by atoms with E-state index in [0.717, 1.165) is 23.0 Å². The Labute approximate surface area is 130 Å². The molecule has 0 bridgehead atoms. The van der Waals surface area contributed by atoms with Crippen molar-refractivity contribution < 1.29 is 4.74 Å². The fraction of sp³-hybridized carbons (Fsp3) is 0.438. The van der Waals surface area contributed by atoms with Crippen molar-refractivity contribution >= 4 is 11.8 Å². The second kappa shape index (κ2) is 7.00. The maximum atomic E-state index is 5.55. The number of benzene rings is 1. The van der Waals surface area contributed by atoms with Gasteiger partial charge in [0.2, 0.25) is 0 Å². The first-order valence-electron chi connectivity index (χ1n) is 7.15. The lowest BCUT2D eigenvalue weighted by molar-refractivity contribution is 0.400. The Morgan fingerprint density at radius 1 is 1.43 bits per heavy atom. The summed E-state index contributed by atoms with van der Waals surface area (Å²) in [5, 5.41) is 9.01. The van der Waals surface area contributed by atoms with Gasteiger partial charge in [0, 0.05) is 23.5 Å². The van der Waals surface area contributed by atoms with Crippen molar-refractivity contribution in [3.63, 3.8) is 0 Å². The quantitative estimate of drug-likeness (QED) is 0.886. The number of aromatic nitrogens is 2. The molecule has 0 saturated carbocycles. The van der Waals surface area contributed by atoms with Crippen LogP contribution >= 0.6 is 11.8 Å². The summed E-state index contributed by atoms with van der Waals surface area (Å²) < 4.78 is 7.47. The predicted octanol–water partition coefficient (Wildman–Crippen LogP) is 3.56. The van der Waals surface area contributed by atoms with E-state index >= 15 is 0 Å². The summed E-state index contributed by atoms with van der Waals surface area (Å²) in [4.78, 5) is 1.20. The largest absolute Gasteiger partial charge is 0.496 e.